The van der Waals surface area contributed by atoms with Gasteiger partial charge < -0.3 is 15.0 Å². The molecular weight excluding hydrogens is 234 g/mol. The van der Waals surface area contributed by atoms with Crippen molar-refractivity contribution in [1.29, 1.82) is 0 Å². The van der Waals surface area contributed by atoms with Gasteiger partial charge in [0.2, 0.25) is 5.91 Å². The van der Waals surface area contributed by atoms with Crippen LogP contribution in [0, 0.1) is 5.92 Å². The Labute approximate surface area is 105 Å². The molecule has 1 fully saturated rings. The van der Waals surface area contributed by atoms with Crippen molar-refractivity contribution in [2.24, 2.45) is 5.92 Å². The third-order valence-corrected chi connectivity index (χ3v) is 3.55. The first-order valence-corrected chi connectivity index (χ1v) is 5.92. The Morgan fingerprint density at radius 2 is 2.44 bits per heavy atom. The van der Waals surface area contributed by atoms with E-state index < -0.39 is 5.60 Å². The van der Waals surface area contributed by atoms with E-state index in [0.29, 0.717) is 18.7 Å². The zero-order chi connectivity index (χ0) is 13.3. The minimum absolute atomic E-state index is 0.0198. The van der Waals surface area contributed by atoms with Crippen LogP contribution in [0.2, 0.25) is 0 Å². The molecule has 0 radical (unpaired) electrons. The number of hydrogen-bond acceptors (Lipinski definition) is 4. The number of carbonyl (C=O) groups excluding carboxylic acids is 1. The van der Waals surface area contributed by atoms with Crippen molar-refractivity contribution in [3.8, 4) is 0 Å². The van der Waals surface area contributed by atoms with Crippen molar-refractivity contribution < 1.29 is 9.90 Å². The molecule has 98 valence electrons. The SMILES string of the molecule is C[C@@H]1CN(C(=O)Cc2cnc[nH]c2=O)C[C@]1(C)O. The molecule has 1 aliphatic rings. The predicted molar refractivity (Wildman–Crippen MR) is 64.9 cm³/mol. The van der Waals surface area contributed by atoms with Crippen molar-refractivity contribution in [1.82, 2.24) is 14.9 Å². The van der Waals surface area contributed by atoms with Crippen molar-refractivity contribution in [3.05, 3.63) is 28.4 Å². The summed E-state index contributed by atoms with van der Waals surface area (Å²) in [5.41, 5.74) is -0.796. The number of aliphatic hydroxyl groups is 1. The van der Waals surface area contributed by atoms with E-state index in [1.54, 1.807) is 11.8 Å². The molecule has 6 nitrogen and oxygen atoms in total. The largest absolute Gasteiger partial charge is 0.388 e. The Balaban J connectivity index is 2.07. The highest BCUT2D eigenvalue weighted by Crippen LogP contribution is 2.26. The van der Waals surface area contributed by atoms with Gasteiger partial charge in [-0.3, -0.25) is 9.59 Å². The number of β-amino-alcohol motifs (C(OH)–C–C–N with tert-alkyl or cyclic N) is 1. The molecule has 1 saturated heterocycles. The van der Waals surface area contributed by atoms with E-state index in [9.17, 15) is 14.7 Å². The lowest BCUT2D eigenvalue weighted by molar-refractivity contribution is -0.130. The van der Waals surface area contributed by atoms with Crippen LogP contribution in [0.25, 0.3) is 0 Å². The summed E-state index contributed by atoms with van der Waals surface area (Å²) in [4.78, 5) is 31.3. The molecule has 0 aromatic carbocycles. The quantitative estimate of drug-likeness (QED) is 0.745. The maximum absolute atomic E-state index is 12.0. The Kier molecular flexibility index (Phi) is 3.21. The zero-order valence-corrected chi connectivity index (χ0v) is 10.5. The first-order chi connectivity index (χ1) is 8.40. The number of aromatic nitrogens is 2. The van der Waals surface area contributed by atoms with Crippen LogP contribution in [0.5, 0.6) is 0 Å². The molecule has 6 heteroatoms. The highest BCUT2D eigenvalue weighted by atomic mass is 16.3. The van der Waals surface area contributed by atoms with Crippen LogP contribution in [0.3, 0.4) is 0 Å². The van der Waals surface area contributed by atoms with Crippen molar-refractivity contribution in [3.63, 3.8) is 0 Å². The second-order valence-electron chi connectivity index (χ2n) is 5.12. The Morgan fingerprint density at radius 3 is 3.00 bits per heavy atom. The zero-order valence-electron chi connectivity index (χ0n) is 10.5. The van der Waals surface area contributed by atoms with Crippen LogP contribution in [-0.4, -0.2) is 44.6 Å². The molecule has 0 aliphatic carbocycles. The summed E-state index contributed by atoms with van der Waals surface area (Å²) >= 11 is 0. The Bertz CT molecular complexity index is 509. The van der Waals surface area contributed by atoms with Crippen LogP contribution in [0.4, 0.5) is 0 Å². The highest BCUT2D eigenvalue weighted by Gasteiger charge is 2.40. The summed E-state index contributed by atoms with van der Waals surface area (Å²) in [5, 5.41) is 10.0. The molecule has 1 amide bonds. The second-order valence-corrected chi connectivity index (χ2v) is 5.12. The predicted octanol–water partition coefficient (Wildman–Crippen LogP) is -0.458. The van der Waals surface area contributed by atoms with Gasteiger partial charge >= 0.3 is 0 Å². The minimum atomic E-state index is -0.850. The number of H-pyrrole nitrogens is 1. The van der Waals surface area contributed by atoms with Gasteiger partial charge in [0, 0.05) is 30.8 Å². The van der Waals surface area contributed by atoms with Gasteiger partial charge in [0.1, 0.15) is 0 Å². The number of likely N-dealkylation sites (tertiary alicyclic amines) is 1. The van der Waals surface area contributed by atoms with Crippen LogP contribution in [0.15, 0.2) is 17.3 Å². The third kappa shape index (κ3) is 2.43. The molecule has 0 unspecified atom stereocenters. The number of nitrogens with one attached hydrogen (secondary N) is 1. The topological polar surface area (TPSA) is 86.3 Å². The molecule has 0 bridgehead atoms. The van der Waals surface area contributed by atoms with Gasteiger partial charge in [-0.25, -0.2) is 4.98 Å². The van der Waals surface area contributed by atoms with E-state index >= 15 is 0 Å². The molecule has 1 aromatic heterocycles. The van der Waals surface area contributed by atoms with Gasteiger partial charge in [-0.05, 0) is 6.92 Å². The monoisotopic (exact) mass is 251 g/mol. The van der Waals surface area contributed by atoms with Gasteiger partial charge in [-0.15, -0.1) is 0 Å². The Morgan fingerprint density at radius 1 is 1.72 bits per heavy atom. The number of carbonyl (C=O) groups is 1. The number of hydrogen-bond donors (Lipinski definition) is 2. The number of aromatic amines is 1. The third-order valence-electron chi connectivity index (χ3n) is 3.55. The van der Waals surface area contributed by atoms with Crippen LogP contribution in [0.1, 0.15) is 19.4 Å². The maximum atomic E-state index is 12.0. The average molecular weight is 251 g/mol. The fourth-order valence-electron chi connectivity index (χ4n) is 2.10. The summed E-state index contributed by atoms with van der Waals surface area (Å²) in [5.74, 6) is -0.119. The van der Waals surface area contributed by atoms with Crippen LogP contribution < -0.4 is 5.56 Å². The van der Waals surface area contributed by atoms with Gasteiger partial charge in [0.25, 0.3) is 5.56 Å². The van der Waals surface area contributed by atoms with E-state index in [1.807, 2.05) is 6.92 Å². The fraction of sp³-hybridized carbons (Fsp3) is 0.583. The lowest BCUT2D eigenvalue weighted by Crippen LogP contribution is -2.36. The molecule has 0 spiro atoms. The van der Waals surface area contributed by atoms with Crippen LogP contribution in [-0.2, 0) is 11.2 Å². The summed E-state index contributed by atoms with van der Waals surface area (Å²) < 4.78 is 0. The minimum Gasteiger partial charge on any atom is -0.388 e. The molecule has 2 rings (SSSR count). The van der Waals surface area contributed by atoms with Crippen molar-refractivity contribution in [2.75, 3.05) is 13.1 Å². The highest BCUT2D eigenvalue weighted by molar-refractivity contribution is 5.79. The van der Waals surface area contributed by atoms with Gasteiger partial charge in [0.15, 0.2) is 0 Å². The summed E-state index contributed by atoms with van der Waals surface area (Å²) in [6.45, 7) is 4.46. The Hall–Kier alpha value is -1.69. The standard InChI is InChI=1S/C12H17N3O3/c1-8-5-15(6-12(8,2)18)10(16)3-9-4-13-7-14-11(9)17/h4,7-8,18H,3,5-6H2,1-2H3,(H,13,14,17)/t8-,12+/m1/s1. The van der Waals surface area contributed by atoms with E-state index in [4.69, 9.17) is 0 Å². The molecule has 1 aliphatic heterocycles. The van der Waals surface area contributed by atoms with Crippen LogP contribution >= 0.6 is 0 Å². The molecule has 2 heterocycles. The van der Waals surface area contributed by atoms with E-state index in [2.05, 4.69) is 9.97 Å². The molecule has 2 N–H and O–H groups in total. The fourth-order valence-corrected chi connectivity index (χ4v) is 2.10. The van der Waals surface area contributed by atoms with E-state index in [-0.39, 0.29) is 23.8 Å². The van der Waals surface area contributed by atoms with Gasteiger partial charge in [-0.1, -0.05) is 6.92 Å². The lowest BCUT2D eigenvalue weighted by Gasteiger charge is -2.20. The maximum Gasteiger partial charge on any atom is 0.254 e. The number of rotatable bonds is 2. The van der Waals surface area contributed by atoms with Crippen molar-refractivity contribution >= 4 is 5.91 Å². The molecular formula is C12H17N3O3. The molecule has 1 aromatic rings. The van der Waals surface area contributed by atoms with Gasteiger partial charge in [0.05, 0.1) is 18.3 Å². The normalized spacial score (nSPS) is 27.5. The van der Waals surface area contributed by atoms with E-state index in [0.717, 1.165) is 0 Å². The number of nitrogens with zero attached hydrogens (tertiary/aromatic N) is 2. The smallest absolute Gasteiger partial charge is 0.254 e. The van der Waals surface area contributed by atoms with Gasteiger partial charge in [-0.2, -0.15) is 0 Å². The van der Waals surface area contributed by atoms with Crippen molar-refractivity contribution in [2.45, 2.75) is 25.9 Å². The second kappa shape index (κ2) is 4.53. The first-order valence-electron chi connectivity index (χ1n) is 5.92. The lowest BCUT2D eigenvalue weighted by atomic mass is 9.95. The summed E-state index contributed by atoms with van der Waals surface area (Å²) in [6, 6.07) is 0. The number of amides is 1. The first kappa shape index (κ1) is 12.8. The average Bonchev–Trinajstić information content (AvgIpc) is 2.57. The molecule has 18 heavy (non-hydrogen) atoms. The molecule has 0 saturated carbocycles. The van der Waals surface area contributed by atoms with E-state index in [1.165, 1.54) is 12.5 Å². The molecule has 2 atom stereocenters. The summed E-state index contributed by atoms with van der Waals surface area (Å²) in [7, 11) is 0. The summed E-state index contributed by atoms with van der Waals surface area (Å²) in [6.07, 6.45) is 2.71.